The van der Waals surface area contributed by atoms with Crippen molar-refractivity contribution in [2.75, 3.05) is 13.2 Å². The van der Waals surface area contributed by atoms with E-state index in [9.17, 15) is 14.7 Å². The number of imide groups is 1. The van der Waals surface area contributed by atoms with E-state index < -0.39 is 0 Å². The van der Waals surface area contributed by atoms with Gasteiger partial charge in [-0.25, -0.2) is 0 Å². The summed E-state index contributed by atoms with van der Waals surface area (Å²) in [4.78, 5) is 26.1. The Balaban J connectivity index is 1.21. The highest BCUT2D eigenvalue weighted by molar-refractivity contribution is 6.21. The number of aromatic hydroxyl groups is 1. The number of carbonyl (C=O) groups is 2. The molecule has 0 unspecified atom stereocenters. The molecule has 0 saturated heterocycles. The van der Waals surface area contributed by atoms with Crippen molar-refractivity contribution in [3.8, 4) is 11.5 Å². The molecule has 1 heterocycles. The fourth-order valence-electron chi connectivity index (χ4n) is 4.19. The van der Waals surface area contributed by atoms with Gasteiger partial charge in [0.05, 0.1) is 17.7 Å². The minimum atomic E-state index is -0.192. The summed E-state index contributed by atoms with van der Waals surface area (Å²) in [5, 5.41) is 9.53. The topological polar surface area (TPSA) is 66.8 Å². The van der Waals surface area contributed by atoms with Crippen molar-refractivity contribution in [3.05, 3.63) is 95.1 Å². The number of nitrogens with zero attached hydrogens (tertiary/aromatic N) is 1. The molecule has 1 aliphatic rings. The quantitative estimate of drug-likeness (QED) is 0.347. The SMILES string of the molecule is CC(C)(c1ccc(O)cc1)c1ccc(OCCCCCN2C(=O)c3ccccc3C2=O)cc1. The molecule has 0 fully saturated rings. The number of phenols is 1. The van der Waals surface area contributed by atoms with Gasteiger partial charge in [-0.05, 0) is 66.8 Å². The summed E-state index contributed by atoms with van der Waals surface area (Å²) in [6.45, 7) is 5.34. The number of carbonyl (C=O) groups excluding carboxylic acids is 2. The van der Waals surface area contributed by atoms with E-state index in [1.165, 1.54) is 10.5 Å². The molecular weight excluding hydrogens is 414 g/mol. The average Bonchev–Trinajstić information content (AvgIpc) is 3.07. The minimum Gasteiger partial charge on any atom is -0.508 e. The van der Waals surface area contributed by atoms with Crippen LogP contribution in [0, 0.1) is 0 Å². The number of hydrogen-bond donors (Lipinski definition) is 1. The standard InChI is InChI=1S/C28H29NO4/c1-28(2,20-10-14-22(30)15-11-20)21-12-16-23(17-13-21)33-19-7-3-6-18-29-26(31)24-8-4-5-9-25(24)27(29)32/h4-5,8-17,30H,3,6-7,18-19H2,1-2H3. The van der Waals surface area contributed by atoms with Crippen LogP contribution in [0.4, 0.5) is 0 Å². The highest BCUT2D eigenvalue weighted by Crippen LogP contribution is 2.33. The Labute approximate surface area is 194 Å². The summed E-state index contributed by atoms with van der Waals surface area (Å²) in [6.07, 6.45) is 2.48. The zero-order valence-electron chi connectivity index (χ0n) is 19.1. The third kappa shape index (κ3) is 4.77. The fourth-order valence-corrected chi connectivity index (χ4v) is 4.19. The highest BCUT2D eigenvalue weighted by atomic mass is 16.5. The zero-order chi connectivity index (χ0) is 23.4. The number of fused-ring (bicyclic) bond motifs is 1. The summed E-state index contributed by atoms with van der Waals surface area (Å²) in [5.41, 5.74) is 3.12. The summed E-state index contributed by atoms with van der Waals surface area (Å²) in [7, 11) is 0. The Hall–Kier alpha value is -3.60. The number of hydrogen-bond acceptors (Lipinski definition) is 4. The predicted molar refractivity (Wildman–Crippen MR) is 128 cm³/mol. The van der Waals surface area contributed by atoms with E-state index in [1.807, 2.05) is 24.3 Å². The van der Waals surface area contributed by atoms with Gasteiger partial charge < -0.3 is 9.84 Å². The Morgan fingerprint density at radius 3 is 1.88 bits per heavy atom. The van der Waals surface area contributed by atoms with E-state index in [4.69, 9.17) is 4.74 Å². The first-order chi connectivity index (χ1) is 15.9. The molecule has 3 aromatic rings. The Morgan fingerprint density at radius 2 is 1.30 bits per heavy atom. The van der Waals surface area contributed by atoms with E-state index in [0.29, 0.717) is 24.3 Å². The lowest BCUT2D eigenvalue weighted by atomic mass is 9.78. The smallest absolute Gasteiger partial charge is 0.261 e. The second kappa shape index (κ2) is 9.49. The van der Waals surface area contributed by atoms with E-state index >= 15 is 0 Å². The van der Waals surface area contributed by atoms with Crippen molar-refractivity contribution in [3.63, 3.8) is 0 Å². The van der Waals surface area contributed by atoms with Crippen LogP contribution in [0.5, 0.6) is 11.5 Å². The van der Waals surface area contributed by atoms with Gasteiger partial charge >= 0.3 is 0 Å². The number of amides is 2. The van der Waals surface area contributed by atoms with Crippen LogP contribution in [-0.4, -0.2) is 35.0 Å². The molecular formula is C28H29NO4. The van der Waals surface area contributed by atoms with Crippen molar-refractivity contribution in [2.24, 2.45) is 0 Å². The number of rotatable bonds is 9. The van der Waals surface area contributed by atoms with E-state index in [-0.39, 0.29) is 23.0 Å². The Kier molecular flexibility index (Phi) is 6.50. The molecule has 3 aromatic carbocycles. The molecule has 0 radical (unpaired) electrons. The molecule has 5 nitrogen and oxygen atoms in total. The number of ether oxygens (including phenoxy) is 1. The van der Waals surface area contributed by atoms with Crippen LogP contribution >= 0.6 is 0 Å². The summed E-state index contributed by atoms with van der Waals surface area (Å²) in [5.74, 6) is 0.701. The molecule has 0 spiro atoms. The first-order valence-corrected chi connectivity index (χ1v) is 11.4. The second-order valence-corrected chi connectivity index (χ2v) is 8.91. The lowest BCUT2D eigenvalue weighted by Gasteiger charge is -2.26. The molecule has 2 amide bonds. The van der Waals surface area contributed by atoms with Crippen LogP contribution in [0.1, 0.15) is 65.0 Å². The Morgan fingerprint density at radius 1 is 0.758 bits per heavy atom. The van der Waals surface area contributed by atoms with Crippen LogP contribution in [0.3, 0.4) is 0 Å². The lowest BCUT2D eigenvalue weighted by molar-refractivity contribution is 0.0651. The van der Waals surface area contributed by atoms with E-state index in [1.54, 1.807) is 36.4 Å². The average molecular weight is 444 g/mol. The van der Waals surface area contributed by atoms with Crippen molar-refractivity contribution in [1.29, 1.82) is 0 Å². The molecule has 0 saturated carbocycles. The Bertz CT molecular complexity index is 1100. The van der Waals surface area contributed by atoms with Crippen LogP contribution in [0.15, 0.2) is 72.8 Å². The lowest BCUT2D eigenvalue weighted by Crippen LogP contribution is -2.30. The first kappa shape index (κ1) is 22.6. The molecule has 0 aliphatic carbocycles. The minimum absolute atomic E-state index is 0.184. The van der Waals surface area contributed by atoms with Gasteiger partial charge in [-0.3, -0.25) is 14.5 Å². The summed E-state index contributed by atoms with van der Waals surface area (Å²) in [6, 6.07) is 22.4. The van der Waals surface area contributed by atoms with Crippen LogP contribution in [0.25, 0.3) is 0 Å². The second-order valence-electron chi connectivity index (χ2n) is 8.91. The largest absolute Gasteiger partial charge is 0.508 e. The zero-order valence-corrected chi connectivity index (χ0v) is 19.1. The van der Waals surface area contributed by atoms with Gasteiger partial charge in [0, 0.05) is 12.0 Å². The molecule has 0 atom stereocenters. The maximum Gasteiger partial charge on any atom is 0.261 e. The van der Waals surface area contributed by atoms with E-state index in [2.05, 4.69) is 26.0 Å². The maximum absolute atomic E-state index is 12.4. The number of phenolic OH excluding ortho intramolecular Hbond substituents is 1. The molecule has 4 rings (SSSR count). The molecule has 170 valence electrons. The monoisotopic (exact) mass is 443 g/mol. The van der Waals surface area contributed by atoms with Crippen molar-refractivity contribution in [2.45, 2.75) is 38.5 Å². The number of benzene rings is 3. The van der Waals surface area contributed by atoms with Crippen molar-refractivity contribution in [1.82, 2.24) is 4.90 Å². The third-order valence-electron chi connectivity index (χ3n) is 6.34. The van der Waals surface area contributed by atoms with E-state index in [0.717, 1.165) is 30.6 Å². The summed E-state index contributed by atoms with van der Waals surface area (Å²) < 4.78 is 5.88. The van der Waals surface area contributed by atoms with Crippen molar-refractivity contribution < 1.29 is 19.4 Å². The van der Waals surface area contributed by atoms with Gasteiger partial charge in [0.2, 0.25) is 0 Å². The van der Waals surface area contributed by atoms with Gasteiger partial charge in [-0.2, -0.15) is 0 Å². The van der Waals surface area contributed by atoms with Gasteiger partial charge in [0.25, 0.3) is 11.8 Å². The van der Waals surface area contributed by atoms with Crippen LogP contribution < -0.4 is 4.74 Å². The van der Waals surface area contributed by atoms with Crippen molar-refractivity contribution >= 4 is 11.8 Å². The van der Waals surface area contributed by atoms with Gasteiger partial charge in [0.15, 0.2) is 0 Å². The molecule has 0 bridgehead atoms. The molecule has 1 N–H and O–H groups in total. The first-order valence-electron chi connectivity index (χ1n) is 11.4. The highest BCUT2D eigenvalue weighted by Gasteiger charge is 2.34. The third-order valence-corrected chi connectivity index (χ3v) is 6.34. The molecule has 5 heteroatoms. The van der Waals surface area contributed by atoms with Crippen LogP contribution in [-0.2, 0) is 5.41 Å². The normalized spacial score (nSPS) is 13.3. The van der Waals surface area contributed by atoms with Gasteiger partial charge in [-0.1, -0.05) is 50.2 Å². The fraction of sp³-hybridized carbons (Fsp3) is 0.286. The van der Waals surface area contributed by atoms with Gasteiger partial charge in [0.1, 0.15) is 11.5 Å². The van der Waals surface area contributed by atoms with Crippen LogP contribution in [0.2, 0.25) is 0 Å². The molecule has 0 aromatic heterocycles. The van der Waals surface area contributed by atoms with Gasteiger partial charge in [-0.15, -0.1) is 0 Å². The number of unbranched alkanes of at least 4 members (excludes halogenated alkanes) is 2. The maximum atomic E-state index is 12.4. The molecule has 33 heavy (non-hydrogen) atoms. The summed E-state index contributed by atoms with van der Waals surface area (Å²) >= 11 is 0. The molecule has 1 aliphatic heterocycles. The predicted octanol–water partition coefficient (Wildman–Crippen LogP) is 5.56.